The Balaban J connectivity index is 3.42. The maximum atomic E-state index is 11.2. The van der Waals surface area contributed by atoms with E-state index in [1.807, 2.05) is 13.0 Å². The first-order chi connectivity index (χ1) is 6.86. The maximum Gasteiger partial charge on any atom is 0.240 e. The van der Waals surface area contributed by atoms with E-state index in [9.17, 15) is 8.42 Å². The lowest BCUT2D eigenvalue weighted by atomic mass is 10.1. The van der Waals surface area contributed by atoms with Gasteiger partial charge in [0.25, 0.3) is 0 Å². The van der Waals surface area contributed by atoms with Crippen LogP contribution >= 0.6 is 15.9 Å². The molecule has 0 saturated carbocycles. The summed E-state index contributed by atoms with van der Waals surface area (Å²) < 4.78 is 23.1. The van der Waals surface area contributed by atoms with Crippen molar-refractivity contribution in [1.82, 2.24) is 0 Å². The highest BCUT2D eigenvalue weighted by atomic mass is 79.9. The monoisotopic (exact) mass is 292 g/mol. The van der Waals surface area contributed by atoms with Gasteiger partial charge < -0.3 is 5.73 Å². The molecule has 0 radical (unpaired) electrons. The lowest BCUT2D eigenvalue weighted by molar-refractivity contribution is 0.598. The molecule has 0 fully saturated rings. The first kappa shape index (κ1) is 12.5. The molecule has 15 heavy (non-hydrogen) atoms. The third-order valence-corrected chi connectivity index (χ3v) is 3.43. The first-order valence-corrected chi connectivity index (χ1v) is 6.81. The zero-order chi connectivity index (χ0) is 11.6. The van der Waals surface area contributed by atoms with Gasteiger partial charge in [0.2, 0.25) is 10.0 Å². The number of hydrogen-bond acceptors (Lipinski definition) is 3. The molecule has 84 valence electrons. The van der Waals surface area contributed by atoms with Gasteiger partial charge in [-0.05, 0) is 24.1 Å². The Morgan fingerprint density at radius 2 is 2.00 bits per heavy atom. The van der Waals surface area contributed by atoms with Crippen LogP contribution in [0.2, 0.25) is 0 Å². The molecular formula is C9H13BrN2O2S. The van der Waals surface area contributed by atoms with Crippen LogP contribution in [-0.2, 0) is 16.4 Å². The summed E-state index contributed by atoms with van der Waals surface area (Å²) in [5.74, 6) is 0. The Morgan fingerprint density at radius 3 is 2.47 bits per heavy atom. The molecule has 0 heterocycles. The fourth-order valence-electron chi connectivity index (χ4n) is 1.36. The Morgan fingerprint density at radius 1 is 1.40 bits per heavy atom. The van der Waals surface area contributed by atoms with Crippen LogP contribution in [-0.4, -0.2) is 8.42 Å². The average molecular weight is 293 g/mol. The first-order valence-electron chi connectivity index (χ1n) is 4.47. The Bertz CT molecular complexity index is 471. The van der Waals surface area contributed by atoms with E-state index in [-0.39, 0.29) is 10.6 Å². The van der Waals surface area contributed by atoms with Gasteiger partial charge in [0.1, 0.15) is 4.90 Å². The molecule has 0 spiro atoms. The van der Waals surface area contributed by atoms with Crippen LogP contribution < -0.4 is 10.9 Å². The van der Waals surface area contributed by atoms with E-state index in [1.165, 1.54) is 6.07 Å². The molecule has 1 aromatic carbocycles. The van der Waals surface area contributed by atoms with Gasteiger partial charge in [0, 0.05) is 4.47 Å². The summed E-state index contributed by atoms with van der Waals surface area (Å²) in [4.78, 5) is -0.0136. The van der Waals surface area contributed by atoms with Gasteiger partial charge in [-0.3, -0.25) is 0 Å². The summed E-state index contributed by atoms with van der Waals surface area (Å²) in [6, 6.07) is 3.23. The van der Waals surface area contributed by atoms with Crippen molar-refractivity contribution in [3.63, 3.8) is 0 Å². The summed E-state index contributed by atoms with van der Waals surface area (Å²) in [6.07, 6.45) is 1.62. The standard InChI is InChI=1S/C9H13BrN2O2S/c1-2-3-6-4-7(10)5-8(9(6)11)15(12,13)14/h4-5H,2-3,11H2,1H3,(H2,12,13,14). The van der Waals surface area contributed by atoms with Gasteiger partial charge in [-0.15, -0.1) is 0 Å². The zero-order valence-corrected chi connectivity index (χ0v) is 10.7. The quantitative estimate of drug-likeness (QED) is 0.830. The molecular weight excluding hydrogens is 280 g/mol. The second-order valence-electron chi connectivity index (χ2n) is 3.27. The van der Waals surface area contributed by atoms with Gasteiger partial charge in [0.15, 0.2) is 0 Å². The number of sulfonamides is 1. The van der Waals surface area contributed by atoms with E-state index < -0.39 is 10.0 Å². The zero-order valence-electron chi connectivity index (χ0n) is 8.33. The normalized spacial score (nSPS) is 11.7. The maximum absolute atomic E-state index is 11.2. The summed E-state index contributed by atoms with van der Waals surface area (Å²) in [5, 5.41) is 5.06. The van der Waals surface area contributed by atoms with E-state index in [0.29, 0.717) is 4.47 Å². The second-order valence-corrected chi connectivity index (χ2v) is 5.72. The number of hydrogen-bond donors (Lipinski definition) is 2. The average Bonchev–Trinajstić information content (AvgIpc) is 2.09. The van der Waals surface area contributed by atoms with Gasteiger partial charge >= 0.3 is 0 Å². The van der Waals surface area contributed by atoms with Gasteiger partial charge in [-0.25, -0.2) is 13.6 Å². The molecule has 0 aromatic heterocycles. The van der Waals surface area contributed by atoms with E-state index in [2.05, 4.69) is 15.9 Å². The van der Waals surface area contributed by atoms with Gasteiger partial charge in [-0.1, -0.05) is 29.3 Å². The van der Waals surface area contributed by atoms with Crippen LogP contribution in [0, 0.1) is 0 Å². The second kappa shape index (κ2) is 4.51. The molecule has 1 aromatic rings. The summed E-state index contributed by atoms with van der Waals surface area (Å²) in [6.45, 7) is 2.00. The molecule has 0 aliphatic rings. The molecule has 0 amide bonds. The van der Waals surface area contributed by atoms with Crippen molar-refractivity contribution in [3.8, 4) is 0 Å². The van der Waals surface area contributed by atoms with Crippen molar-refractivity contribution in [1.29, 1.82) is 0 Å². The van der Waals surface area contributed by atoms with Crippen LogP contribution in [0.5, 0.6) is 0 Å². The van der Waals surface area contributed by atoms with Crippen LogP contribution in [0.4, 0.5) is 5.69 Å². The Kier molecular flexibility index (Phi) is 3.75. The van der Waals surface area contributed by atoms with Crippen LogP contribution in [0.25, 0.3) is 0 Å². The van der Waals surface area contributed by atoms with Crippen molar-refractivity contribution < 1.29 is 8.42 Å². The van der Waals surface area contributed by atoms with E-state index in [4.69, 9.17) is 10.9 Å². The van der Waals surface area contributed by atoms with E-state index in [1.54, 1.807) is 0 Å². The van der Waals surface area contributed by atoms with Crippen molar-refractivity contribution >= 4 is 31.6 Å². The fourth-order valence-corrected chi connectivity index (χ4v) is 2.74. The van der Waals surface area contributed by atoms with Gasteiger partial charge in [-0.2, -0.15) is 0 Å². The largest absolute Gasteiger partial charge is 0.397 e. The fraction of sp³-hybridized carbons (Fsp3) is 0.333. The number of nitrogen functional groups attached to an aromatic ring is 1. The van der Waals surface area contributed by atoms with Crippen LogP contribution in [0.15, 0.2) is 21.5 Å². The summed E-state index contributed by atoms with van der Waals surface area (Å²) in [7, 11) is -3.75. The molecule has 6 heteroatoms. The molecule has 4 N–H and O–H groups in total. The van der Waals surface area contributed by atoms with Crippen LogP contribution in [0.3, 0.4) is 0 Å². The lowest BCUT2D eigenvalue weighted by Gasteiger charge is -2.09. The van der Waals surface area contributed by atoms with Gasteiger partial charge in [0.05, 0.1) is 5.69 Å². The number of rotatable bonds is 3. The molecule has 0 bridgehead atoms. The summed E-state index contributed by atoms with van der Waals surface area (Å²) >= 11 is 3.23. The van der Waals surface area contributed by atoms with Crippen molar-refractivity contribution in [2.24, 2.45) is 5.14 Å². The smallest absolute Gasteiger partial charge is 0.240 e. The minimum Gasteiger partial charge on any atom is -0.397 e. The number of halogens is 1. The molecule has 0 aliphatic carbocycles. The SMILES string of the molecule is CCCc1cc(Br)cc(S(N)(=O)=O)c1N. The van der Waals surface area contributed by atoms with E-state index >= 15 is 0 Å². The molecule has 0 saturated heterocycles. The number of aryl methyl sites for hydroxylation is 1. The minimum atomic E-state index is -3.75. The van der Waals surface area contributed by atoms with Crippen molar-refractivity contribution in [2.45, 2.75) is 24.7 Å². The topological polar surface area (TPSA) is 86.2 Å². The predicted octanol–water partition coefficient (Wildman–Crippen LogP) is 1.63. The van der Waals surface area contributed by atoms with Crippen LogP contribution in [0.1, 0.15) is 18.9 Å². The minimum absolute atomic E-state index is 0.0136. The number of primary sulfonamides is 1. The third-order valence-electron chi connectivity index (χ3n) is 2.02. The number of anilines is 1. The molecule has 1 rings (SSSR count). The molecule has 0 aliphatic heterocycles. The highest BCUT2D eigenvalue weighted by Gasteiger charge is 2.15. The highest BCUT2D eigenvalue weighted by molar-refractivity contribution is 9.10. The highest BCUT2D eigenvalue weighted by Crippen LogP contribution is 2.27. The molecule has 0 unspecified atom stereocenters. The molecule has 0 atom stereocenters. The number of benzene rings is 1. The Hall–Kier alpha value is -0.590. The predicted molar refractivity (Wildman–Crippen MR) is 63.9 cm³/mol. The van der Waals surface area contributed by atoms with Crippen molar-refractivity contribution in [2.75, 3.05) is 5.73 Å². The molecule has 4 nitrogen and oxygen atoms in total. The van der Waals surface area contributed by atoms with Crippen molar-refractivity contribution in [3.05, 3.63) is 22.2 Å². The van der Waals surface area contributed by atoms with E-state index in [0.717, 1.165) is 18.4 Å². The summed E-state index contributed by atoms with van der Waals surface area (Å²) in [5.41, 5.74) is 6.80. The Labute approximate surface area is 97.8 Å². The number of nitrogens with two attached hydrogens (primary N) is 2. The lowest BCUT2D eigenvalue weighted by Crippen LogP contribution is -2.15. The third kappa shape index (κ3) is 2.93.